The predicted molar refractivity (Wildman–Crippen MR) is 71.6 cm³/mol. The second-order valence-corrected chi connectivity index (χ2v) is 4.46. The third kappa shape index (κ3) is 4.20. The lowest BCUT2D eigenvalue weighted by Crippen LogP contribution is -2.57. The van der Waals surface area contributed by atoms with E-state index in [4.69, 9.17) is 0 Å². The molecule has 0 fully saturated rings. The lowest BCUT2D eigenvalue weighted by Gasteiger charge is -2.31. The largest absolute Gasteiger partial charge is 0.480 e. The van der Waals surface area contributed by atoms with Crippen LogP contribution >= 0.6 is 0 Å². The second kappa shape index (κ2) is 7.95. The van der Waals surface area contributed by atoms with Crippen LogP contribution in [0.1, 0.15) is 53.4 Å². The fourth-order valence-corrected chi connectivity index (χ4v) is 1.82. The maximum atomic E-state index is 12.1. The molecule has 0 bridgehead atoms. The van der Waals surface area contributed by atoms with Gasteiger partial charge in [0, 0.05) is 13.1 Å². The molecule has 0 saturated heterocycles. The summed E-state index contributed by atoms with van der Waals surface area (Å²) in [7, 11) is 0. The molecule has 0 saturated carbocycles. The fraction of sp³-hybridized carbons (Fsp3) is 0.846. The van der Waals surface area contributed by atoms with Crippen molar-refractivity contribution in [3.05, 3.63) is 0 Å². The quantitative estimate of drug-likeness (QED) is 0.702. The van der Waals surface area contributed by atoms with Gasteiger partial charge in [0.15, 0.2) is 0 Å². The minimum Gasteiger partial charge on any atom is -0.480 e. The number of unbranched alkanes of at least 4 members (excludes halogenated alkanes) is 1. The summed E-state index contributed by atoms with van der Waals surface area (Å²) in [5, 5.41) is 11.9. The van der Waals surface area contributed by atoms with Crippen molar-refractivity contribution < 1.29 is 14.7 Å². The number of nitrogens with one attached hydrogen (secondary N) is 1. The van der Waals surface area contributed by atoms with Gasteiger partial charge in [0.05, 0.1) is 0 Å². The Kier molecular flexibility index (Phi) is 7.39. The second-order valence-electron chi connectivity index (χ2n) is 4.46. The van der Waals surface area contributed by atoms with Gasteiger partial charge in [-0.05, 0) is 26.2 Å². The summed E-state index contributed by atoms with van der Waals surface area (Å²) in [6, 6.07) is -0.281. The van der Waals surface area contributed by atoms with Crippen LogP contribution in [0.4, 0.5) is 4.79 Å². The van der Waals surface area contributed by atoms with Gasteiger partial charge in [-0.2, -0.15) is 0 Å². The number of carboxylic acid groups (broad SMARTS) is 1. The fourth-order valence-electron chi connectivity index (χ4n) is 1.82. The van der Waals surface area contributed by atoms with Gasteiger partial charge in [-0.15, -0.1) is 0 Å². The number of carbonyl (C=O) groups excluding carboxylic acids is 1. The predicted octanol–water partition coefficient (Wildman–Crippen LogP) is 2.46. The molecule has 5 nitrogen and oxygen atoms in total. The zero-order valence-electron chi connectivity index (χ0n) is 12.0. The first-order chi connectivity index (χ1) is 8.47. The molecule has 5 heteroatoms. The van der Waals surface area contributed by atoms with Gasteiger partial charge in [0.1, 0.15) is 5.54 Å². The minimum atomic E-state index is -1.14. The number of hydrogen-bond donors (Lipinski definition) is 2. The Morgan fingerprint density at radius 1 is 1.17 bits per heavy atom. The number of carbonyl (C=O) groups is 2. The van der Waals surface area contributed by atoms with Crippen molar-refractivity contribution in [1.29, 1.82) is 0 Å². The Labute approximate surface area is 110 Å². The van der Waals surface area contributed by atoms with Crippen molar-refractivity contribution in [3.63, 3.8) is 0 Å². The zero-order chi connectivity index (χ0) is 14.2. The summed E-state index contributed by atoms with van der Waals surface area (Å²) in [6.45, 7) is 8.78. The summed E-state index contributed by atoms with van der Waals surface area (Å²) in [4.78, 5) is 25.0. The third-order valence-electron chi connectivity index (χ3n) is 3.41. The molecule has 2 amide bonds. The van der Waals surface area contributed by atoms with Crippen molar-refractivity contribution in [2.45, 2.75) is 58.9 Å². The smallest absolute Gasteiger partial charge is 0.329 e. The Bertz CT molecular complexity index is 275. The highest BCUT2D eigenvalue weighted by molar-refractivity contribution is 5.86. The summed E-state index contributed by atoms with van der Waals surface area (Å²) < 4.78 is 0. The maximum Gasteiger partial charge on any atom is 0.329 e. The molecule has 0 aromatic rings. The van der Waals surface area contributed by atoms with Crippen molar-refractivity contribution in [2.24, 2.45) is 0 Å². The zero-order valence-corrected chi connectivity index (χ0v) is 12.0. The molecule has 0 radical (unpaired) electrons. The van der Waals surface area contributed by atoms with Crippen LogP contribution in [0.5, 0.6) is 0 Å². The van der Waals surface area contributed by atoms with Crippen molar-refractivity contribution in [1.82, 2.24) is 10.2 Å². The third-order valence-corrected chi connectivity index (χ3v) is 3.41. The number of aliphatic carboxylic acids is 1. The molecule has 0 aliphatic heterocycles. The van der Waals surface area contributed by atoms with Gasteiger partial charge in [-0.3, -0.25) is 0 Å². The molecular weight excluding hydrogens is 232 g/mol. The number of carboxylic acids is 1. The molecule has 2 N–H and O–H groups in total. The Morgan fingerprint density at radius 3 is 2.06 bits per heavy atom. The number of nitrogens with zero attached hydrogens (tertiary/aromatic N) is 1. The summed E-state index contributed by atoms with van der Waals surface area (Å²) in [5.74, 6) is -0.965. The molecule has 0 aromatic heterocycles. The van der Waals surface area contributed by atoms with Crippen LogP contribution in [0.2, 0.25) is 0 Å². The first-order valence-corrected chi connectivity index (χ1v) is 6.77. The van der Waals surface area contributed by atoms with E-state index < -0.39 is 11.5 Å². The van der Waals surface area contributed by atoms with Crippen molar-refractivity contribution in [2.75, 3.05) is 13.1 Å². The topological polar surface area (TPSA) is 69.6 Å². The lowest BCUT2D eigenvalue weighted by molar-refractivity contribution is -0.144. The van der Waals surface area contributed by atoms with Crippen LogP contribution in [-0.4, -0.2) is 40.6 Å². The van der Waals surface area contributed by atoms with E-state index in [1.54, 1.807) is 18.7 Å². The van der Waals surface area contributed by atoms with E-state index >= 15 is 0 Å². The minimum absolute atomic E-state index is 0.281. The van der Waals surface area contributed by atoms with Gasteiger partial charge in [-0.25, -0.2) is 9.59 Å². The number of rotatable bonds is 8. The van der Waals surface area contributed by atoms with Crippen molar-refractivity contribution in [3.8, 4) is 0 Å². The van der Waals surface area contributed by atoms with Crippen LogP contribution in [0, 0.1) is 0 Å². The van der Waals surface area contributed by atoms with Crippen LogP contribution in [0.3, 0.4) is 0 Å². The highest BCUT2D eigenvalue weighted by Gasteiger charge is 2.37. The highest BCUT2D eigenvalue weighted by Crippen LogP contribution is 2.16. The molecule has 0 unspecified atom stereocenters. The molecule has 18 heavy (non-hydrogen) atoms. The normalized spacial score (nSPS) is 11.1. The van der Waals surface area contributed by atoms with E-state index in [0.717, 1.165) is 12.8 Å². The number of hydrogen-bond acceptors (Lipinski definition) is 2. The van der Waals surface area contributed by atoms with E-state index in [1.807, 2.05) is 6.92 Å². The summed E-state index contributed by atoms with van der Waals surface area (Å²) in [5.41, 5.74) is -1.14. The monoisotopic (exact) mass is 258 g/mol. The molecule has 0 aromatic carbocycles. The lowest BCUT2D eigenvalue weighted by atomic mass is 9.93. The van der Waals surface area contributed by atoms with Gasteiger partial charge in [-0.1, -0.05) is 27.2 Å². The van der Waals surface area contributed by atoms with E-state index in [-0.39, 0.29) is 6.03 Å². The van der Waals surface area contributed by atoms with E-state index in [0.29, 0.717) is 25.9 Å². The van der Waals surface area contributed by atoms with E-state index in [9.17, 15) is 14.7 Å². The van der Waals surface area contributed by atoms with Crippen LogP contribution in [0.25, 0.3) is 0 Å². The first-order valence-electron chi connectivity index (χ1n) is 6.77. The SMILES string of the molecule is CCCCN(CC)C(=O)NC(CC)(CC)C(=O)O. The van der Waals surface area contributed by atoms with Gasteiger partial charge >= 0.3 is 12.0 Å². The molecule has 106 valence electrons. The van der Waals surface area contributed by atoms with E-state index in [1.165, 1.54) is 0 Å². The summed E-state index contributed by atoms with van der Waals surface area (Å²) in [6.07, 6.45) is 2.71. The number of amides is 2. The van der Waals surface area contributed by atoms with Gasteiger partial charge < -0.3 is 15.3 Å². The van der Waals surface area contributed by atoms with Crippen molar-refractivity contribution >= 4 is 12.0 Å². The molecule has 0 rings (SSSR count). The Morgan fingerprint density at radius 2 is 1.72 bits per heavy atom. The van der Waals surface area contributed by atoms with Crippen LogP contribution in [0.15, 0.2) is 0 Å². The average molecular weight is 258 g/mol. The Balaban J connectivity index is 4.71. The van der Waals surface area contributed by atoms with E-state index in [2.05, 4.69) is 12.2 Å². The average Bonchev–Trinajstić information content (AvgIpc) is 2.36. The maximum absolute atomic E-state index is 12.1. The first kappa shape index (κ1) is 16.7. The molecule has 0 spiro atoms. The summed E-state index contributed by atoms with van der Waals surface area (Å²) >= 11 is 0. The standard InChI is InChI=1S/C13H26N2O3/c1-5-9-10-15(8-4)12(18)14-13(6-2,7-3)11(16)17/h5-10H2,1-4H3,(H,14,18)(H,16,17). The molecule has 0 atom stereocenters. The highest BCUT2D eigenvalue weighted by atomic mass is 16.4. The van der Waals surface area contributed by atoms with Crippen LogP contribution < -0.4 is 5.32 Å². The number of urea groups is 1. The van der Waals surface area contributed by atoms with Crippen LogP contribution in [-0.2, 0) is 4.79 Å². The molecule has 0 aliphatic carbocycles. The van der Waals surface area contributed by atoms with Gasteiger partial charge in [0.2, 0.25) is 0 Å². The Hall–Kier alpha value is -1.26. The van der Waals surface area contributed by atoms with Gasteiger partial charge in [0.25, 0.3) is 0 Å². The molecular formula is C13H26N2O3. The molecule has 0 aliphatic rings. The molecule has 0 heterocycles.